The smallest absolute Gasteiger partial charge is 0.251 e. The lowest BCUT2D eigenvalue weighted by Gasteiger charge is -2.21. The summed E-state index contributed by atoms with van der Waals surface area (Å²) in [6.07, 6.45) is 0. The quantitative estimate of drug-likeness (QED) is 0.616. The van der Waals surface area contributed by atoms with Crippen molar-refractivity contribution >= 4 is 23.2 Å². The van der Waals surface area contributed by atoms with E-state index in [0.717, 1.165) is 0 Å². The van der Waals surface area contributed by atoms with E-state index in [2.05, 4.69) is 16.0 Å². The highest BCUT2D eigenvalue weighted by atomic mass is 16.2. The van der Waals surface area contributed by atoms with E-state index in [0.29, 0.717) is 23.5 Å². The summed E-state index contributed by atoms with van der Waals surface area (Å²) in [4.78, 5) is 23.4. The highest BCUT2D eigenvalue weighted by molar-refractivity contribution is 5.96. The molecule has 1 aromatic rings. The Kier molecular flexibility index (Phi) is 5.58. The summed E-state index contributed by atoms with van der Waals surface area (Å²) in [6.45, 7) is 8.29. The minimum Gasteiger partial charge on any atom is -0.397 e. The summed E-state index contributed by atoms with van der Waals surface area (Å²) in [7, 11) is 0. The zero-order valence-electron chi connectivity index (χ0n) is 13.0. The lowest BCUT2D eigenvalue weighted by Crippen LogP contribution is -2.43. The number of anilines is 2. The van der Waals surface area contributed by atoms with Crippen LogP contribution in [0.25, 0.3) is 0 Å². The molecule has 0 aliphatic rings. The summed E-state index contributed by atoms with van der Waals surface area (Å²) in [6, 6.07) is 4.96. The van der Waals surface area contributed by atoms with Crippen LogP contribution in [-0.4, -0.2) is 30.4 Å². The third kappa shape index (κ3) is 5.72. The van der Waals surface area contributed by atoms with Gasteiger partial charge < -0.3 is 21.7 Å². The van der Waals surface area contributed by atoms with E-state index in [-0.39, 0.29) is 23.9 Å². The van der Waals surface area contributed by atoms with E-state index in [4.69, 9.17) is 5.73 Å². The maximum Gasteiger partial charge on any atom is 0.251 e. The van der Waals surface area contributed by atoms with Crippen molar-refractivity contribution in [2.24, 2.45) is 0 Å². The summed E-state index contributed by atoms with van der Waals surface area (Å²) >= 11 is 0. The van der Waals surface area contributed by atoms with Gasteiger partial charge in [-0.25, -0.2) is 0 Å². The molecule has 0 saturated carbocycles. The van der Waals surface area contributed by atoms with Gasteiger partial charge in [-0.2, -0.15) is 0 Å². The van der Waals surface area contributed by atoms with Gasteiger partial charge in [0.15, 0.2) is 0 Å². The highest BCUT2D eigenvalue weighted by Gasteiger charge is 2.14. The third-order valence-electron chi connectivity index (χ3n) is 2.60. The van der Waals surface area contributed by atoms with Crippen LogP contribution in [0.5, 0.6) is 0 Å². The third-order valence-corrected chi connectivity index (χ3v) is 2.60. The fourth-order valence-corrected chi connectivity index (χ4v) is 1.77. The molecule has 0 radical (unpaired) electrons. The summed E-state index contributed by atoms with van der Waals surface area (Å²) in [5.74, 6) is -0.282. The molecule has 1 aromatic carbocycles. The molecule has 116 valence electrons. The van der Waals surface area contributed by atoms with Gasteiger partial charge >= 0.3 is 0 Å². The number of rotatable bonds is 5. The van der Waals surface area contributed by atoms with Crippen LogP contribution in [0.1, 0.15) is 38.1 Å². The number of benzene rings is 1. The van der Waals surface area contributed by atoms with Crippen molar-refractivity contribution in [3.8, 4) is 0 Å². The summed E-state index contributed by atoms with van der Waals surface area (Å²) in [5, 5.41) is 8.52. The van der Waals surface area contributed by atoms with Gasteiger partial charge in [0.2, 0.25) is 5.91 Å². The Morgan fingerprint density at radius 2 is 1.90 bits per heavy atom. The van der Waals surface area contributed by atoms with Crippen LogP contribution in [0.4, 0.5) is 11.4 Å². The van der Waals surface area contributed by atoms with Crippen LogP contribution in [0.2, 0.25) is 0 Å². The normalized spacial score (nSPS) is 10.9. The average molecular weight is 292 g/mol. The fourth-order valence-electron chi connectivity index (χ4n) is 1.77. The molecule has 2 amide bonds. The Bertz CT molecular complexity index is 521. The molecule has 0 fully saturated rings. The molecule has 6 nitrogen and oxygen atoms in total. The van der Waals surface area contributed by atoms with Crippen LogP contribution < -0.4 is 21.7 Å². The minimum atomic E-state index is -0.271. The molecule has 5 N–H and O–H groups in total. The molecule has 0 aliphatic heterocycles. The van der Waals surface area contributed by atoms with E-state index in [1.165, 1.54) is 0 Å². The van der Waals surface area contributed by atoms with Gasteiger partial charge in [0.05, 0.1) is 17.9 Å². The number of amides is 2. The number of hydrogen-bond donors (Lipinski definition) is 4. The van der Waals surface area contributed by atoms with Crippen LogP contribution in [0.3, 0.4) is 0 Å². The van der Waals surface area contributed by atoms with Crippen molar-refractivity contribution in [3.05, 3.63) is 23.8 Å². The zero-order chi connectivity index (χ0) is 16.0. The van der Waals surface area contributed by atoms with Gasteiger partial charge in [0, 0.05) is 17.6 Å². The maximum atomic E-state index is 11.7. The number of carbonyl (C=O) groups excluding carboxylic acids is 2. The van der Waals surface area contributed by atoms with E-state index in [9.17, 15) is 9.59 Å². The molecular weight excluding hydrogens is 268 g/mol. The SMILES string of the molecule is CCNC(=O)c1ccc(NCC(=O)NC(C)(C)C)c(N)c1. The second-order valence-electron chi connectivity index (χ2n) is 5.81. The van der Waals surface area contributed by atoms with E-state index in [1.807, 2.05) is 27.7 Å². The molecule has 0 saturated heterocycles. The van der Waals surface area contributed by atoms with Gasteiger partial charge in [-0.3, -0.25) is 9.59 Å². The number of carbonyl (C=O) groups is 2. The maximum absolute atomic E-state index is 11.7. The van der Waals surface area contributed by atoms with Crippen LogP contribution >= 0.6 is 0 Å². The molecule has 0 spiro atoms. The molecule has 0 aliphatic carbocycles. The number of hydrogen-bond acceptors (Lipinski definition) is 4. The Balaban J connectivity index is 2.65. The van der Waals surface area contributed by atoms with E-state index >= 15 is 0 Å². The first-order valence-corrected chi connectivity index (χ1v) is 6.95. The second-order valence-corrected chi connectivity index (χ2v) is 5.81. The Hall–Kier alpha value is -2.24. The first-order valence-electron chi connectivity index (χ1n) is 6.95. The van der Waals surface area contributed by atoms with Gasteiger partial charge in [0.1, 0.15) is 0 Å². The Labute approximate surface area is 125 Å². The predicted molar refractivity (Wildman–Crippen MR) is 85.2 cm³/mol. The Morgan fingerprint density at radius 1 is 1.24 bits per heavy atom. The molecular formula is C15H24N4O2. The van der Waals surface area contributed by atoms with Crippen LogP contribution in [0.15, 0.2) is 18.2 Å². The van der Waals surface area contributed by atoms with Gasteiger partial charge in [-0.1, -0.05) is 0 Å². The van der Waals surface area contributed by atoms with Gasteiger partial charge in [-0.15, -0.1) is 0 Å². The standard InChI is InChI=1S/C15H24N4O2/c1-5-17-14(21)10-6-7-12(11(16)8-10)18-9-13(20)19-15(2,3)4/h6-8,18H,5,9,16H2,1-4H3,(H,17,21)(H,19,20). The molecule has 0 heterocycles. The van der Waals surface area contributed by atoms with Crippen molar-refractivity contribution in [2.45, 2.75) is 33.2 Å². The lowest BCUT2D eigenvalue weighted by molar-refractivity contribution is -0.120. The predicted octanol–water partition coefficient (Wildman–Crippen LogP) is 1.35. The largest absolute Gasteiger partial charge is 0.397 e. The van der Waals surface area contributed by atoms with E-state index in [1.54, 1.807) is 18.2 Å². The first kappa shape index (κ1) is 16.8. The highest BCUT2D eigenvalue weighted by Crippen LogP contribution is 2.19. The van der Waals surface area contributed by atoms with Crippen molar-refractivity contribution < 1.29 is 9.59 Å². The van der Waals surface area contributed by atoms with Crippen LogP contribution in [0, 0.1) is 0 Å². The molecule has 1 rings (SSSR count). The van der Waals surface area contributed by atoms with Crippen molar-refractivity contribution in [2.75, 3.05) is 24.1 Å². The number of nitrogens with two attached hydrogens (primary N) is 1. The molecule has 0 unspecified atom stereocenters. The van der Waals surface area contributed by atoms with Gasteiger partial charge in [-0.05, 0) is 45.9 Å². The monoisotopic (exact) mass is 292 g/mol. The molecule has 0 atom stereocenters. The second kappa shape index (κ2) is 6.97. The molecule has 21 heavy (non-hydrogen) atoms. The van der Waals surface area contributed by atoms with Crippen molar-refractivity contribution in [3.63, 3.8) is 0 Å². The fraction of sp³-hybridized carbons (Fsp3) is 0.467. The Morgan fingerprint density at radius 3 is 2.43 bits per heavy atom. The van der Waals surface area contributed by atoms with Crippen molar-refractivity contribution in [1.29, 1.82) is 0 Å². The lowest BCUT2D eigenvalue weighted by atomic mass is 10.1. The van der Waals surface area contributed by atoms with Crippen LogP contribution in [-0.2, 0) is 4.79 Å². The van der Waals surface area contributed by atoms with E-state index < -0.39 is 0 Å². The topological polar surface area (TPSA) is 96.2 Å². The minimum absolute atomic E-state index is 0.116. The van der Waals surface area contributed by atoms with Gasteiger partial charge in [0.25, 0.3) is 5.91 Å². The first-order chi connectivity index (χ1) is 9.73. The molecule has 0 bridgehead atoms. The summed E-state index contributed by atoms with van der Waals surface area (Å²) < 4.78 is 0. The number of nitrogen functional groups attached to an aromatic ring is 1. The summed E-state index contributed by atoms with van der Waals surface area (Å²) in [5.41, 5.74) is 7.19. The van der Waals surface area contributed by atoms with Crippen molar-refractivity contribution in [1.82, 2.24) is 10.6 Å². The average Bonchev–Trinajstić information content (AvgIpc) is 2.35. The zero-order valence-corrected chi connectivity index (χ0v) is 13.0. The molecule has 0 aromatic heterocycles. The number of nitrogens with one attached hydrogen (secondary N) is 3. The molecule has 6 heteroatoms.